The number of nitrogens with zero attached hydrogens (tertiary/aromatic N) is 1. The van der Waals surface area contributed by atoms with Crippen LogP contribution in [0.2, 0.25) is 5.22 Å². The molecule has 2 rings (SSSR count). The van der Waals surface area contributed by atoms with Gasteiger partial charge in [0.1, 0.15) is 0 Å². The molecule has 0 saturated carbocycles. The van der Waals surface area contributed by atoms with Gasteiger partial charge in [-0.15, -0.1) is 0 Å². The van der Waals surface area contributed by atoms with Gasteiger partial charge >= 0.3 is 0 Å². The Balaban J connectivity index is 1.99. The normalized spacial score (nSPS) is 16.8. The summed E-state index contributed by atoms with van der Waals surface area (Å²) in [6.45, 7) is 5.58. The van der Waals surface area contributed by atoms with Crippen LogP contribution in [0.4, 0.5) is 0 Å². The highest BCUT2D eigenvalue weighted by Crippen LogP contribution is 2.20. The van der Waals surface area contributed by atoms with Crippen molar-refractivity contribution in [1.82, 2.24) is 10.2 Å². The molecule has 1 amide bonds. The van der Waals surface area contributed by atoms with E-state index in [1.54, 1.807) is 6.07 Å². The molecule has 0 radical (unpaired) electrons. The summed E-state index contributed by atoms with van der Waals surface area (Å²) in [5, 5.41) is 3.52. The number of carbonyl (C=O) groups excluding carboxylic acids is 1. The van der Waals surface area contributed by atoms with E-state index in [-0.39, 0.29) is 11.1 Å². The third-order valence-electron chi connectivity index (χ3n) is 3.45. The Hall–Kier alpha value is -1.00. The molecule has 1 saturated heterocycles. The molecular formula is C13H19ClN2O2. The van der Waals surface area contributed by atoms with Gasteiger partial charge in [-0.2, -0.15) is 0 Å². The van der Waals surface area contributed by atoms with E-state index >= 15 is 0 Å². The summed E-state index contributed by atoms with van der Waals surface area (Å²) in [5.74, 6) is 0.551. The van der Waals surface area contributed by atoms with Crippen molar-refractivity contribution in [3.8, 4) is 0 Å². The number of piperidine rings is 1. The fourth-order valence-corrected chi connectivity index (χ4v) is 2.54. The number of rotatable bonds is 4. The van der Waals surface area contributed by atoms with E-state index in [1.165, 1.54) is 6.26 Å². The molecule has 0 spiro atoms. The minimum Gasteiger partial charge on any atom is -0.452 e. The van der Waals surface area contributed by atoms with Crippen LogP contribution in [0.3, 0.4) is 0 Å². The number of amides is 1. The molecule has 1 fully saturated rings. The van der Waals surface area contributed by atoms with E-state index < -0.39 is 0 Å². The summed E-state index contributed by atoms with van der Waals surface area (Å²) in [5.41, 5.74) is 0.465. The van der Waals surface area contributed by atoms with E-state index in [0.717, 1.165) is 32.5 Å². The monoisotopic (exact) mass is 270 g/mol. The van der Waals surface area contributed by atoms with Crippen LogP contribution in [0.1, 0.15) is 30.1 Å². The molecule has 1 aromatic rings. The minimum absolute atomic E-state index is 0.0326. The summed E-state index contributed by atoms with van der Waals surface area (Å²) in [6, 6.07) is 1.63. The molecule has 2 heterocycles. The second kappa shape index (κ2) is 6.25. The van der Waals surface area contributed by atoms with E-state index in [1.807, 2.05) is 11.8 Å². The molecule has 100 valence electrons. The lowest BCUT2D eigenvalue weighted by atomic mass is 9.97. The van der Waals surface area contributed by atoms with Gasteiger partial charge in [0.2, 0.25) is 5.22 Å². The number of carbonyl (C=O) groups is 1. The molecule has 5 heteroatoms. The summed E-state index contributed by atoms with van der Waals surface area (Å²) in [4.78, 5) is 14.2. The fourth-order valence-electron chi connectivity index (χ4n) is 2.35. The maximum absolute atomic E-state index is 12.3. The first-order valence-electron chi connectivity index (χ1n) is 6.45. The van der Waals surface area contributed by atoms with Crippen molar-refractivity contribution in [1.29, 1.82) is 0 Å². The maximum Gasteiger partial charge on any atom is 0.258 e. The summed E-state index contributed by atoms with van der Waals surface area (Å²) in [6.07, 6.45) is 3.71. The van der Waals surface area contributed by atoms with Crippen molar-refractivity contribution >= 4 is 17.5 Å². The molecule has 0 unspecified atom stereocenters. The quantitative estimate of drug-likeness (QED) is 0.914. The Kier molecular flexibility index (Phi) is 4.66. The van der Waals surface area contributed by atoms with E-state index in [9.17, 15) is 4.79 Å². The molecule has 0 bridgehead atoms. The lowest BCUT2D eigenvalue weighted by Crippen LogP contribution is -2.39. The van der Waals surface area contributed by atoms with Crippen LogP contribution in [0, 0.1) is 5.92 Å². The van der Waals surface area contributed by atoms with Crippen molar-refractivity contribution in [3.63, 3.8) is 0 Å². The van der Waals surface area contributed by atoms with Crippen molar-refractivity contribution < 1.29 is 9.21 Å². The number of furan rings is 1. The van der Waals surface area contributed by atoms with Gasteiger partial charge in [-0.1, -0.05) is 0 Å². The molecule has 18 heavy (non-hydrogen) atoms. The summed E-state index contributed by atoms with van der Waals surface area (Å²) in [7, 11) is 0. The second-order valence-electron chi connectivity index (χ2n) is 4.65. The first-order chi connectivity index (χ1) is 8.72. The Morgan fingerprint density at radius 3 is 2.83 bits per heavy atom. The van der Waals surface area contributed by atoms with Crippen LogP contribution in [0.25, 0.3) is 0 Å². The zero-order valence-corrected chi connectivity index (χ0v) is 11.4. The van der Waals surface area contributed by atoms with Crippen molar-refractivity contribution in [2.24, 2.45) is 5.92 Å². The SMILES string of the molecule is CCN(CC1CCNCC1)C(=O)c1ccoc1Cl. The van der Waals surface area contributed by atoms with E-state index in [4.69, 9.17) is 16.0 Å². The molecule has 4 nitrogen and oxygen atoms in total. The van der Waals surface area contributed by atoms with Crippen molar-refractivity contribution in [2.75, 3.05) is 26.2 Å². The predicted molar refractivity (Wildman–Crippen MR) is 70.9 cm³/mol. The van der Waals surface area contributed by atoms with Crippen molar-refractivity contribution in [2.45, 2.75) is 19.8 Å². The van der Waals surface area contributed by atoms with Gasteiger partial charge in [-0.05, 0) is 56.4 Å². The summed E-state index contributed by atoms with van der Waals surface area (Å²) >= 11 is 5.85. The third kappa shape index (κ3) is 3.06. The lowest BCUT2D eigenvalue weighted by Gasteiger charge is -2.29. The standard InChI is InChI=1S/C13H19ClN2O2/c1-2-16(9-10-3-6-15-7-4-10)13(17)11-5-8-18-12(11)14/h5,8,10,15H,2-4,6-7,9H2,1H3. The highest BCUT2D eigenvalue weighted by Gasteiger charge is 2.23. The smallest absolute Gasteiger partial charge is 0.258 e. The zero-order valence-electron chi connectivity index (χ0n) is 10.6. The number of hydrogen-bond acceptors (Lipinski definition) is 3. The van der Waals surface area contributed by atoms with Crippen molar-refractivity contribution in [3.05, 3.63) is 23.1 Å². The Morgan fingerprint density at radius 1 is 1.56 bits per heavy atom. The lowest BCUT2D eigenvalue weighted by molar-refractivity contribution is 0.0726. The fraction of sp³-hybridized carbons (Fsp3) is 0.615. The first-order valence-corrected chi connectivity index (χ1v) is 6.83. The molecule has 1 N–H and O–H groups in total. The van der Waals surface area contributed by atoms with E-state index in [2.05, 4.69) is 5.32 Å². The molecule has 0 aromatic carbocycles. The van der Waals surface area contributed by atoms with Gasteiger partial charge in [0.05, 0.1) is 11.8 Å². The van der Waals surface area contributed by atoms with Gasteiger partial charge in [0, 0.05) is 13.1 Å². The average molecular weight is 271 g/mol. The van der Waals surface area contributed by atoms with Crippen LogP contribution in [0.15, 0.2) is 16.7 Å². The summed E-state index contributed by atoms with van der Waals surface area (Å²) < 4.78 is 4.98. The number of nitrogens with one attached hydrogen (secondary N) is 1. The highest BCUT2D eigenvalue weighted by atomic mass is 35.5. The Morgan fingerprint density at radius 2 is 2.28 bits per heavy atom. The third-order valence-corrected chi connectivity index (χ3v) is 3.75. The Bertz CT molecular complexity index is 399. The van der Waals surface area contributed by atoms with Gasteiger partial charge in [-0.25, -0.2) is 0 Å². The predicted octanol–water partition coefficient (Wildman–Crippen LogP) is 2.39. The van der Waals surface area contributed by atoms with Gasteiger partial charge in [-0.3, -0.25) is 4.79 Å². The first kappa shape index (κ1) is 13.4. The average Bonchev–Trinajstić information content (AvgIpc) is 2.82. The van der Waals surface area contributed by atoms with Crippen LogP contribution < -0.4 is 5.32 Å². The van der Waals surface area contributed by atoms with Gasteiger partial charge in [0.15, 0.2) is 0 Å². The Labute approximate surface area is 112 Å². The van der Waals surface area contributed by atoms with E-state index in [0.29, 0.717) is 18.0 Å². The van der Waals surface area contributed by atoms with Crippen LogP contribution in [-0.4, -0.2) is 37.0 Å². The minimum atomic E-state index is -0.0326. The molecule has 1 aliphatic heterocycles. The molecule has 0 atom stereocenters. The highest BCUT2D eigenvalue weighted by molar-refractivity contribution is 6.32. The maximum atomic E-state index is 12.3. The number of hydrogen-bond donors (Lipinski definition) is 1. The van der Waals surface area contributed by atoms with Gasteiger partial charge in [0.25, 0.3) is 5.91 Å². The molecule has 1 aromatic heterocycles. The second-order valence-corrected chi connectivity index (χ2v) is 4.99. The van der Waals surface area contributed by atoms with Gasteiger partial charge < -0.3 is 14.6 Å². The molecular weight excluding hydrogens is 252 g/mol. The van der Waals surface area contributed by atoms with Crippen LogP contribution in [0.5, 0.6) is 0 Å². The molecule has 1 aliphatic rings. The molecule has 0 aliphatic carbocycles. The number of halogens is 1. The van der Waals surface area contributed by atoms with Crippen LogP contribution >= 0.6 is 11.6 Å². The largest absolute Gasteiger partial charge is 0.452 e. The topological polar surface area (TPSA) is 45.5 Å². The van der Waals surface area contributed by atoms with Crippen LogP contribution in [-0.2, 0) is 0 Å². The zero-order chi connectivity index (χ0) is 13.0.